The van der Waals surface area contributed by atoms with Gasteiger partial charge < -0.3 is 5.32 Å². The Balaban J connectivity index is 1.60. The molecule has 5 nitrogen and oxygen atoms in total. The average molecular weight is 392 g/mol. The van der Waals surface area contributed by atoms with E-state index in [0.29, 0.717) is 29.3 Å². The average Bonchev–Trinajstić information content (AvgIpc) is 3.37. The van der Waals surface area contributed by atoms with E-state index in [1.807, 2.05) is 6.92 Å². The van der Waals surface area contributed by atoms with Gasteiger partial charge in [0.15, 0.2) is 5.16 Å². The Morgan fingerprint density at radius 1 is 1.38 bits per heavy atom. The summed E-state index contributed by atoms with van der Waals surface area (Å²) in [5.74, 6) is 1.69. The van der Waals surface area contributed by atoms with Crippen LogP contribution in [0.2, 0.25) is 0 Å². The highest BCUT2D eigenvalue weighted by atomic mass is 32.2. The van der Waals surface area contributed by atoms with Crippen molar-refractivity contribution in [3.63, 3.8) is 0 Å². The molecule has 1 unspecified atom stereocenters. The molecule has 2 heterocycles. The Kier molecular flexibility index (Phi) is 5.10. The smallest absolute Gasteiger partial charge is 0.263 e. The fourth-order valence-corrected chi connectivity index (χ4v) is 5.87. The molecular weight excluding hydrogens is 366 g/mol. The van der Waals surface area contributed by atoms with E-state index in [-0.39, 0.29) is 11.5 Å². The van der Waals surface area contributed by atoms with Crippen molar-refractivity contribution in [1.29, 1.82) is 0 Å². The fourth-order valence-electron chi connectivity index (χ4n) is 3.56. The lowest BCUT2D eigenvalue weighted by Crippen LogP contribution is -2.28. The van der Waals surface area contributed by atoms with Crippen molar-refractivity contribution in [3.8, 4) is 0 Å². The summed E-state index contributed by atoms with van der Waals surface area (Å²) in [6, 6.07) is 0. The molecule has 140 valence electrons. The molecule has 0 saturated heterocycles. The van der Waals surface area contributed by atoms with E-state index in [1.54, 1.807) is 15.9 Å². The minimum Gasteiger partial charge on any atom is -0.355 e. The first-order chi connectivity index (χ1) is 12.6. The zero-order valence-electron chi connectivity index (χ0n) is 15.3. The van der Waals surface area contributed by atoms with E-state index in [2.05, 4.69) is 12.2 Å². The fraction of sp³-hybridized carbons (Fsp3) is 0.632. The maximum absolute atomic E-state index is 13.1. The van der Waals surface area contributed by atoms with Crippen molar-refractivity contribution in [2.75, 3.05) is 12.3 Å². The van der Waals surface area contributed by atoms with Crippen LogP contribution in [0.3, 0.4) is 0 Å². The quantitative estimate of drug-likeness (QED) is 0.607. The summed E-state index contributed by atoms with van der Waals surface area (Å²) in [6.07, 6.45) is 5.62. The molecule has 1 amide bonds. The molecule has 1 saturated carbocycles. The summed E-state index contributed by atoms with van der Waals surface area (Å²) in [5, 5.41) is 4.46. The van der Waals surface area contributed by atoms with E-state index in [4.69, 9.17) is 4.98 Å². The van der Waals surface area contributed by atoms with Crippen LogP contribution in [0.5, 0.6) is 0 Å². The van der Waals surface area contributed by atoms with Gasteiger partial charge in [0.25, 0.3) is 5.56 Å². The number of nitrogens with zero attached hydrogens (tertiary/aromatic N) is 2. The molecule has 2 aliphatic carbocycles. The summed E-state index contributed by atoms with van der Waals surface area (Å²) < 4.78 is 1.73. The number of carbonyl (C=O) groups excluding carboxylic acids is 1. The maximum atomic E-state index is 13.1. The second kappa shape index (κ2) is 7.35. The van der Waals surface area contributed by atoms with Gasteiger partial charge in [-0.3, -0.25) is 14.2 Å². The molecular formula is C19H25N3O2S2. The van der Waals surface area contributed by atoms with Gasteiger partial charge in [-0.25, -0.2) is 4.98 Å². The number of fused-ring (bicyclic) bond motifs is 3. The summed E-state index contributed by atoms with van der Waals surface area (Å²) in [4.78, 5) is 32.1. The Hall–Kier alpha value is -1.34. The first kappa shape index (κ1) is 18.0. The molecule has 2 aliphatic rings. The lowest BCUT2D eigenvalue weighted by Gasteiger charge is -2.17. The van der Waals surface area contributed by atoms with E-state index < -0.39 is 0 Å². The van der Waals surface area contributed by atoms with Crippen LogP contribution in [0.15, 0.2) is 9.95 Å². The van der Waals surface area contributed by atoms with Gasteiger partial charge in [-0.2, -0.15) is 0 Å². The van der Waals surface area contributed by atoms with Crippen molar-refractivity contribution in [1.82, 2.24) is 14.9 Å². The van der Waals surface area contributed by atoms with Crippen LogP contribution >= 0.6 is 23.1 Å². The van der Waals surface area contributed by atoms with Crippen LogP contribution < -0.4 is 10.9 Å². The number of thioether (sulfide) groups is 1. The van der Waals surface area contributed by atoms with Crippen LogP contribution in [-0.2, 0) is 24.2 Å². The normalized spacial score (nSPS) is 19.5. The highest BCUT2D eigenvalue weighted by Gasteiger charge is 2.25. The molecule has 2 aromatic rings. The van der Waals surface area contributed by atoms with Gasteiger partial charge >= 0.3 is 0 Å². The molecule has 26 heavy (non-hydrogen) atoms. The molecule has 0 aliphatic heterocycles. The number of hydrogen-bond donors (Lipinski definition) is 1. The monoisotopic (exact) mass is 391 g/mol. The second-order valence-corrected chi connectivity index (χ2v) is 9.54. The molecule has 4 rings (SSSR count). The molecule has 0 bridgehead atoms. The summed E-state index contributed by atoms with van der Waals surface area (Å²) in [6.45, 7) is 5.59. The summed E-state index contributed by atoms with van der Waals surface area (Å²) in [7, 11) is 0. The number of amides is 1. The number of hydrogen-bond acceptors (Lipinski definition) is 5. The number of aromatic nitrogens is 2. The zero-order valence-corrected chi connectivity index (χ0v) is 17.0. The van der Waals surface area contributed by atoms with Crippen LogP contribution in [0.1, 0.15) is 43.6 Å². The number of carbonyl (C=O) groups is 1. The van der Waals surface area contributed by atoms with Gasteiger partial charge in [-0.15, -0.1) is 11.3 Å². The van der Waals surface area contributed by atoms with Crippen molar-refractivity contribution in [2.45, 2.75) is 57.7 Å². The lowest BCUT2D eigenvalue weighted by atomic mass is 9.89. The molecule has 7 heteroatoms. The van der Waals surface area contributed by atoms with E-state index in [1.165, 1.54) is 35.0 Å². The van der Waals surface area contributed by atoms with Gasteiger partial charge in [0.05, 0.1) is 11.1 Å². The van der Waals surface area contributed by atoms with Gasteiger partial charge in [-0.1, -0.05) is 18.7 Å². The molecule has 1 atom stereocenters. The first-order valence-corrected chi connectivity index (χ1v) is 11.3. The Morgan fingerprint density at radius 3 is 2.92 bits per heavy atom. The lowest BCUT2D eigenvalue weighted by molar-refractivity contribution is -0.118. The third-order valence-electron chi connectivity index (χ3n) is 5.31. The first-order valence-electron chi connectivity index (χ1n) is 9.51. The highest BCUT2D eigenvalue weighted by Crippen LogP contribution is 2.36. The van der Waals surface area contributed by atoms with E-state index >= 15 is 0 Å². The van der Waals surface area contributed by atoms with Crippen LogP contribution in [-0.4, -0.2) is 27.8 Å². The third-order valence-corrected chi connectivity index (χ3v) is 7.44. The maximum Gasteiger partial charge on any atom is 0.263 e. The van der Waals surface area contributed by atoms with Crippen molar-refractivity contribution >= 4 is 39.2 Å². The van der Waals surface area contributed by atoms with Crippen LogP contribution in [0, 0.1) is 11.8 Å². The van der Waals surface area contributed by atoms with Gasteiger partial charge in [0.1, 0.15) is 4.83 Å². The van der Waals surface area contributed by atoms with E-state index in [9.17, 15) is 9.59 Å². The Bertz CT molecular complexity index is 898. The van der Waals surface area contributed by atoms with Crippen LogP contribution in [0.25, 0.3) is 10.2 Å². The molecule has 1 fully saturated rings. The zero-order chi connectivity index (χ0) is 18.3. The van der Waals surface area contributed by atoms with Crippen molar-refractivity contribution in [2.24, 2.45) is 11.8 Å². The second-order valence-electron chi connectivity index (χ2n) is 7.51. The predicted octanol–water partition coefficient (Wildman–Crippen LogP) is 3.22. The van der Waals surface area contributed by atoms with Crippen molar-refractivity contribution < 1.29 is 4.79 Å². The molecule has 2 aromatic heterocycles. The number of thiophene rings is 1. The van der Waals surface area contributed by atoms with Gasteiger partial charge in [0.2, 0.25) is 5.91 Å². The van der Waals surface area contributed by atoms with E-state index in [0.717, 1.165) is 36.0 Å². The SMILES string of the molecule is CCn1c(SCC(=O)NCC2CC2)nc2sc3c(c2c1=O)CCC(C)C3. The Labute approximate surface area is 161 Å². The highest BCUT2D eigenvalue weighted by molar-refractivity contribution is 7.99. The molecule has 1 N–H and O–H groups in total. The molecule has 0 aromatic carbocycles. The number of aryl methyl sites for hydroxylation is 1. The Morgan fingerprint density at radius 2 is 2.19 bits per heavy atom. The standard InChI is InChI=1S/C19H25N3O2S2/c1-3-22-18(24)16-13-7-4-11(2)8-14(13)26-17(16)21-19(22)25-10-15(23)20-9-12-5-6-12/h11-12H,3-10H2,1-2H3,(H,20,23). The molecule has 0 radical (unpaired) electrons. The molecule has 0 spiro atoms. The predicted molar refractivity (Wildman–Crippen MR) is 107 cm³/mol. The topological polar surface area (TPSA) is 64.0 Å². The number of nitrogens with one attached hydrogen (secondary N) is 1. The third kappa shape index (κ3) is 3.56. The minimum absolute atomic E-state index is 0.0261. The largest absolute Gasteiger partial charge is 0.355 e. The summed E-state index contributed by atoms with van der Waals surface area (Å²) in [5.41, 5.74) is 1.28. The minimum atomic E-state index is 0.0261. The number of rotatable bonds is 6. The summed E-state index contributed by atoms with van der Waals surface area (Å²) >= 11 is 3.04. The van der Waals surface area contributed by atoms with Crippen LogP contribution in [0.4, 0.5) is 0 Å². The van der Waals surface area contributed by atoms with Crippen molar-refractivity contribution in [3.05, 3.63) is 20.8 Å². The van der Waals surface area contributed by atoms with Gasteiger partial charge in [-0.05, 0) is 56.4 Å². The van der Waals surface area contributed by atoms with Gasteiger partial charge in [0, 0.05) is 18.0 Å².